The van der Waals surface area contributed by atoms with E-state index in [0.717, 1.165) is 5.56 Å². The van der Waals surface area contributed by atoms with E-state index in [1.54, 1.807) is 33.0 Å². The maximum absolute atomic E-state index is 14.2. The molecule has 1 aliphatic rings. The van der Waals surface area contributed by atoms with Crippen LogP contribution in [0, 0.1) is 12.7 Å². The predicted molar refractivity (Wildman–Crippen MR) is 92.5 cm³/mol. The van der Waals surface area contributed by atoms with Crippen LogP contribution in [0.2, 0.25) is 0 Å². The molecular formula is C18H20FN3O3. The van der Waals surface area contributed by atoms with Crippen LogP contribution in [0.5, 0.6) is 0 Å². The first-order valence-corrected chi connectivity index (χ1v) is 8.13. The summed E-state index contributed by atoms with van der Waals surface area (Å²) >= 11 is 0. The first-order valence-electron chi connectivity index (χ1n) is 8.13. The number of aryl methyl sites for hydroxylation is 1. The molecule has 1 N–H and O–H groups in total. The number of anilines is 2. The van der Waals surface area contributed by atoms with Crippen molar-refractivity contribution in [1.82, 2.24) is 9.63 Å². The van der Waals surface area contributed by atoms with E-state index < -0.39 is 5.82 Å². The van der Waals surface area contributed by atoms with Gasteiger partial charge in [-0.05, 0) is 43.5 Å². The van der Waals surface area contributed by atoms with Gasteiger partial charge >= 0.3 is 0 Å². The summed E-state index contributed by atoms with van der Waals surface area (Å²) in [5.41, 5.74) is 1.70. The SMILES string of the molecule is CCON1CCc2cc(=O)n(C)c(Nc3ccc(C)cc3F)c2C1=O. The lowest BCUT2D eigenvalue weighted by Crippen LogP contribution is -2.40. The van der Waals surface area contributed by atoms with Gasteiger partial charge in [0.2, 0.25) is 0 Å². The van der Waals surface area contributed by atoms with E-state index in [0.29, 0.717) is 30.7 Å². The van der Waals surface area contributed by atoms with Crippen LogP contribution in [-0.4, -0.2) is 28.7 Å². The number of carbonyl (C=O) groups excluding carboxylic acids is 1. The van der Waals surface area contributed by atoms with Crippen molar-refractivity contribution in [2.45, 2.75) is 20.3 Å². The summed E-state index contributed by atoms with van der Waals surface area (Å²) in [7, 11) is 1.55. The quantitative estimate of drug-likeness (QED) is 0.925. The average molecular weight is 345 g/mol. The Hall–Kier alpha value is -2.67. The zero-order chi connectivity index (χ0) is 18.1. The highest BCUT2D eigenvalue weighted by Gasteiger charge is 2.30. The van der Waals surface area contributed by atoms with E-state index >= 15 is 0 Å². The van der Waals surface area contributed by atoms with Gasteiger partial charge in [0.25, 0.3) is 11.5 Å². The van der Waals surface area contributed by atoms with Crippen molar-refractivity contribution in [2.24, 2.45) is 7.05 Å². The van der Waals surface area contributed by atoms with Crippen molar-refractivity contribution in [3.63, 3.8) is 0 Å². The molecule has 0 bridgehead atoms. The Labute approximate surface area is 144 Å². The molecule has 0 unspecified atom stereocenters. The summed E-state index contributed by atoms with van der Waals surface area (Å²) in [5, 5.41) is 4.20. The second kappa shape index (κ2) is 6.68. The summed E-state index contributed by atoms with van der Waals surface area (Å²) in [5.74, 6) is -0.525. The van der Waals surface area contributed by atoms with Crippen LogP contribution in [0.1, 0.15) is 28.4 Å². The first-order chi connectivity index (χ1) is 11.9. The van der Waals surface area contributed by atoms with E-state index in [1.165, 1.54) is 21.8 Å². The Morgan fingerprint density at radius 2 is 2.04 bits per heavy atom. The molecule has 1 amide bonds. The summed E-state index contributed by atoms with van der Waals surface area (Å²) in [6, 6.07) is 6.19. The lowest BCUT2D eigenvalue weighted by molar-refractivity contribution is -0.120. The number of amides is 1. The number of nitrogens with one attached hydrogen (secondary N) is 1. The number of aromatic nitrogens is 1. The number of nitrogens with zero attached hydrogens (tertiary/aromatic N) is 2. The lowest BCUT2D eigenvalue weighted by atomic mass is 10.0. The maximum Gasteiger partial charge on any atom is 0.281 e. The molecule has 132 valence electrons. The Bertz CT molecular complexity index is 892. The fourth-order valence-electron chi connectivity index (χ4n) is 2.91. The number of fused-ring (bicyclic) bond motifs is 1. The number of carbonyl (C=O) groups is 1. The van der Waals surface area contributed by atoms with Gasteiger partial charge in [0.15, 0.2) is 0 Å². The summed E-state index contributed by atoms with van der Waals surface area (Å²) in [6.07, 6.45) is 0.502. The van der Waals surface area contributed by atoms with Gasteiger partial charge in [-0.3, -0.25) is 19.0 Å². The van der Waals surface area contributed by atoms with Crippen molar-refractivity contribution in [3.05, 3.63) is 57.1 Å². The predicted octanol–water partition coefficient (Wildman–Crippen LogP) is 2.53. The molecule has 25 heavy (non-hydrogen) atoms. The second-order valence-corrected chi connectivity index (χ2v) is 5.97. The van der Waals surface area contributed by atoms with E-state index in [9.17, 15) is 14.0 Å². The molecule has 6 nitrogen and oxygen atoms in total. The Balaban J connectivity index is 2.11. The van der Waals surface area contributed by atoms with Crippen molar-refractivity contribution < 1.29 is 14.0 Å². The van der Waals surface area contributed by atoms with Crippen LogP contribution < -0.4 is 10.9 Å². The van der Waals surface area contributed by atoms with Crippen LogP contribution in [-0.2, 0) is 18.3 Å². The van der Waals surface area contributed by atoms with Crippen molar-refractivity contribution in [3.8, 4) is 0 Å². The molecule has 0 radical (unpaired) electrons. The first kappa shape index (κ1) is 17.2. The third-order valence-corrected chi connectivity index (χ3v) is 4.21. The summed E-state index contributed by atoms with van der Waals surface area (Å²) in [4.78, 5) is 30.4. The highest BCUT2D eigenvalue weighted by atomic mass is 19.1. The Morgan fingerprint density at radius 3 is 2.72 bits per heavy atom. The Kier molecular flexibility index (Phi) is 4.59. The number of hydrogen-bond acceptors (Lipinski definition) is 4. The minimum absolute atomic E-state index is 0.204. The van der Waals surface area contributed by atoms with Crippen molar-refractivity contribution in [1.29, 1.82) is 0 Å². The number of hydroxylamine groups is 2. The molecule has 0 atom stereocenters. The second-order valence-electron chi connectivity index (χ2n) is 5.97. The molecule has 0 spiro atoms. The van der Waals surface area contributed by atoms with Crippen LogP contribution in [0.4, 0.5) is 15.9 Å². The minimum atomic E-state index is -0.449. The number of halogens is 1. The lowest BCUT2D eigenvalue weighted by Gasteiger charge is -2.29. The molecule has 0 saturated carbocycles. The summed E-state index contributed by atoms with van der Waals surface area (Å²) < 4.78 is 15.5. The number of hydrogen-bond donors (Lipinski definition) is 1. The van der Waals surface area contributed by atoms with Crippen molar-refractivity contribution >= 4 is 17.4 Å². The van der Waals surface area contributed by atoms with Gasteiger partial charge in [0.1, 0.15) is 11.6 Å². The third-order valence-electron chi connectivity index (χ3n) is 4.21. The zero-order valence-electron chi connectivity index (χ0n) is 14.4. The summed E-state index contributed by atoms with van der Waals surface area (Å²) in [6.45, 7) is 4.33. The van der Waals surface area contributed by atoms with Crippen LogP contribution >= 0.6 is 0 Å². The Morgan fingerprint density at radius 1 is 1.28 bits per heavy atom. The smallest absolute Gasteiger partial charge is 0.281 e. The fraction of sp³-hybridized carbons (Fsp3) is 0.333. The minimum Gasteiger partial charge on any atom is -0.338 e. The monoisotopic (exact) mass is 345 g/mol. The van der Waals surface area contributed by atoms with Gasteiger partial charge in [-0.25, -0.2) is 9.45 Å². The number of pyridine rings is 1. The van der Waals surface area contributed by atoms with Gasteiger partial charge in [-0.1, -0.05) is 6.07 Å². The topological polar surface area (TPSA) is 63.6 Å². The van der Waals surface area contributed by atoms with E-state index in [4.69, 9.17) is 4.84 Å². The molecule has 2 aromatic rings. The molecule has 1 aliphatic heterocycles. The number of rotatable bonds is 4. The molecule has 1 aromatic heterocycles. The van der Waals surface area contributed by atoms with Crippen LogP contribution in [0.15, 0.2) is 29.1 Å². The molecule has 0 aliphatic carbocycles. The molecule has 3 rings (SSSR count). The van der Waals surface area contributed by atoms with E-state index in [1.807, 2.05) is 0 Å². The fourth-order valence-corrected chi connectivity index (χ4v) is 2.91. The van der Waals surface area contributed by atoms with Crippen LogP contribution in [0.25, 0.3) is 0 Å². The molecule has 1 aromatic carbocycles. The largest absolute Gasteiger partial charge is 0.338 e. The highest BCUT2D eigenvalue weighted by molar-refractivity contribution is 6.01. The van der Waals surface area contributed by atoms with Crippen LogP contribution in [0.3, 0.4) is 0 Å². The standard InChI is InChI=1S/C18H20FN3O3/c1-4-25-22-8-7-12-10-15(23)21(3)17(16(12)18(22)24)20-14-6-5-11(2)9-13(14)19/h5-6,9-10,20H,4,7-8H2,1-3H3. The van der Waals surface area contributed by atoms with Gasteiger partial charge in [-0.2, -0.15) is 0 Å². The van der Waals surface area contributed by atoms with Gasteiger partial charge in [0.05, 0.1) is 24.4 Å². The average Bonchev–Trinajstić information content (AvgIpc) is 2.56. The normalized spacial score (nSPS) is 13.8. The molecule has 0 saturated heterocycles. The van der Waals surface area contributed by atoms with E-state index in [-0.39, 0.29) is 23.0 Å². The molecule has 7 heteroatoms. The third kappa shape index (κ3) is 3.15. The molecule has 2 heterocycles. The highest BCUT2D eigenvalue weighted by Crippen LogP contribution is 2.28. The van der Waals surface area contributed by atoms with Gasteiger partial charge in [0, 0.05) is 13.1 Å². The molecular weight excluding hydrogens is 325 g/mol. The van der Waals surface area contributed by atoms with Crippen molar-refractivity contribution in [2.75, 3.05) is 18.5 Å². The van der Waals surface area contributed by atoms with Gasteiger partial charge < -0.3 is 5.32 Å². The molecule has 0 fully saturated rings. The zero-order valence-corrected chi connectivity index (χ0v) is 14.4. The van der Waals surface area contributed by atoms with Gasteiger partial charge in [-0.15, -0.1) is 0 Å². The maximum atomic E-state index is 14.2. The number of benzene rings is 1. The van der Waals surface area contributed by atoms with E-state index in [2.05, 4.69) is 5.32 Å².